The minimum atomic E-state index is -3.53. The molecule has 0 saturated carbocycles. The number of primary amides is 1. The Morgan fingerprint density at radius 2 is 2.20 bits per heavy atom. The zero-order chi connectivity index (χ0) is 14.6. The van der Waals surface area contributed by atoms with E-state index in [1.54, 1.807) is 12.1 Å². The number of benzene rings is 1. The van der Waals surface area contributed by atoms with Crippen molar-refractivity contribution in [3.8, 4) is 0 Å². The normalized spacial score (nSPS) is 14.8. The van der Waals surface area contributed by atoms with Crippen LogP contribution < -0.4 is 15.8 Å². The molecule has 0 radical (unpaired) electrons. The summed E-state index contributed by atoms with van der Waals surface area (Å²) in [6.45, 7) is 1.69. The van der Waals surface area contributed by atoms with Gasteiger partial charge in [0, 0.05) is 19.5 Å². The maximum atomic E-state index is 12.3. The van der Waals surface area contributed by atoms with Crippen LogP contribution in [0.15, 0.2) is 23.1 Å². The molecular formula is C13H19N3O3S. The van der Waals surface area contributed by atoms with Crippen molar-refractivity contribution in [2.75, 3.05) is 13.1 Å². The van der Waals surface area contributed by atoms with Crippen molar-refractivity contribution in [1.82, 2.24) is 10.0 Å². The third-order valence-corrected chi connectivity index (χ3v) is 4.82. The Morgan fingerprint density at radius 3 is 2.95 bits per heavy atom. The van der Waals surface area contributed by atoms with Gasteiger partial charge in [0.25, 0.3) is 0 Å². The molecule has 1 heterocycles. The Morgan fingerprint density at radius 1 is 1.40 bits per heavy atom. The molecule has 2 rings (SSSR count). The van der Waals surface area contributed by atoms with Gasteiger partial charge in [-0.05, 0) is 36.6 Å². The van der Waals surface area contributed by atoms with Gasteiger partial charge in [0.05, 0.1) is 4.90 Å². The molecule has 0 aromatic heterocycles. The van der Waals surface area contributed by atoms with Crippen molar-refractivity contribution in [3.05, 3.63) is 29.3 Å². The van der Waals surface area contributed by atoms with E-state index in [1.165, 1.54) is 0 Å². The van der Waals surface area contributed by atoms with Crippen LogP contribution in [0.25, 0.3) is 0 Å². The lowest BCUT2D eigenvalue weighted by molar-refractivity contribution is -0.118. The molecule has 110 valence electrons. The second kappa shape index (κ2) is 6.34. The standard InChI is InChI=1S/C13H19N3O3S/c14-13(17)5-2-7-16-20(18,19)12-4-1-3-10-9-15-8-6-11(10)12/h1,3-4,15-16H,2,5-9H2,(H2,14,17). The third kappa shape index (κ3) is 3.56. The zero-order valence-electron chi connectivity index (χ0n) is 11.2. The van der Waals surface area contributed by atoms with Crippen molar-refractivity contribution in [3.63, 3.8) is 0 Å². The van der Waals surface area contributed by atoms with E-state index in [2.05, 4.69) is 10.0 Å². The minimum Gasteiger partial charge on any atom is -0.370 e. The first-order valence-corrected chi connectivity index (χ1v) is 8.08. The molecule has 20 heavy (non-hydrogen) atoms. The fraction of sp³-hybridized carbons (Fsp3) is 0.462. The van der Waals surface area contributed by atoms with Crippen LogP contribution in [0.3, 0.4) is 0 Å². The van der Waals surface area contributed by atoms with Gasteiger partial charge < -0.3 is 11.1 Å². The Balaban J connectivity index is 2.11. The summed E-state index contributed by atoms with van der Waals surface area (Å²) < 4.78 is 27.1. The summed E-state index contributed by atoms with van der Waals surface area (Å²) in [5.74, 6) is -0.424. The summed E-state index contributed by atoms with van der Waals surface area (Å²) >= 11 is 0. The number of sulfonamides is 1. The van der Waals surface area contributed by atoms with Gasteiger partial charge in [0.2, 0.25) is 15.9 Å². The highest BCUT2D eigenvalue weighted by Gasteiger charge is 2.21. The van der Waals surface area contributed by atoms with Gasteiger partial charge in [-0.15, -0.1) is 0 Å². The molecule has 1 aliphatic rings. The molecule has 0 spiro atoms. The zero-order valence-corrected chi connectivity index (χ0v) is 12.0. The highest BCUT2D eigenvalue weighted by molar-refractivity contribution is 7.89. The van der Waals surface area contributed by atoms with Crippen molar-refractivity contribution >= 4 is 15.9 Å². The van der Waals surface area contributed by atoms with Crippen LogP contribution in [-0.4, -0.2) is 27.4 Å². The van der Waals surface area contributed by atoms with E-state index in [4.69, 9.17) is 5.73 Å². The first-order valence-electron chi connectivity index (χ1n) is 6.60. The summed E-state index contributed by atoms with van der Waals surface area (Å²) in [6, 6.07) is 5.32. The van der Waals surface area contributed by atoms with Gasteiger partial charge in [0.15, 0.2) is 0 Å². The summed E-state index contributed by atoms with van der Waals surface area (Å²) in [4.78, 5) is 11.0. The average Bonchev–Trinajstić information content (AvgIpc) is 2.43. The number of hydrogen-bond donors (Lipinski definition) is 3. The fourth-order valence-corrected chi connectivity index (χ4v) is 3.68. The van der Waals surface area contributed by atoms with Crippen molar-refractivity contribution in [2.24, 2.45) is 5.73 Å². The molecule has 1 aromatic rings. The van der Waals surface area contributed by atoms with Gasteiger partial charge in [0.1, 0.15) is 0 Å². The summed E-state index contributed by atoms with van der Waals surface area (Å²) in [5, 5.41) is 3.22. The number of nitrogens with two attached hydrogens (primary N) is 1. The number of hydrogen-bond acceptors (Lipinski definition) is 4. The quantitative estimate of drug-likeness (QED) is 0.637. The minimum absolute atomic E-state index is 0.180. The van der Waals surface area contributed by atoms with Crippen molar-refractivity contribution in [2.45, 2.75) is 30.7 Å². The fourth-order valence-electron chi connectivity index (χ4n) is 2.30. The first-order chi connectivity index (χ1) is 9.50. The maximum absolute atomic E-state index is 12.3. The largest absolute Gasteiger partial charge is 0.370 e. The summed E-state index contributed by atoms with van der Waals surface area (Å²) in [7, 11) is -3.53. The van der Waals surface area contributed by atoms with Crippen LogP contribution in [0, 0.1) is 0 Å². The monoisotopic (exact) mass is 297 g/mol. The highest BCUT2D eigenvalue weighted by Crippen LogP contribution is 2.22. The number of amides is 1. The number of nitrogens with one attached hydrogen (secondary N) is 2. The molecule has 6 nitrogen and oxygen atoms in total. The number of rotatable bonds is 6. The number of fused-ring (bicyclic) bond motifs is 1. The Bertz CT molecular complexity index is 599. The number of carbonyl (C=O) groups is 1. The second-order valence-corrected chi connectivity index (χ2v) is 6.52. The van der Waals surface area contributed by atoms with Crippen LogP contribution >= 0.6 is 0 Å². The average molecular weight is 297 g/mol. The van der Waals surface area contributed by atoms with Crippen LogP contribution in [0.5, 0.6) is 0 Å². The predicted octanol–water partition coefficient (Wildman–Crippen LogP) is -0.124. The smallest absolute Gasteiger partial charge is 0.240 e. The summed E-state index contributed by atoms with van der Waals surface area (Å²) in [6.07, 6.45) is 1.29. The highest BCUT2D eigenvalue weighted by atomic mass is 32.2. The van der Waals surface area contributed by atoms with E-state index < -0.39 is 15.9 Å². The SMILES string of the molecule is NC(=O)CCCNS(=O)(=O)c1cccc2c1CCNC2. The molecule has 7 heteroatoms. The lowest BCUT2D eigenvalue weighted by Gasteiger charge is -2.20. The molecule has 4 N–H and O–H groups in total. The summed E-state index contributed by atoms with van der Waals surface area (Å²) in [5.41, 5.74) is 6.93. The van der Waals surface area contributed by atoms with E-state index in [0.717, 1.165) is 17.7 Å². The molecule has 0 aliphatic carbocycles. The van der Waals surface area contributed by atoms with Crippen molar-refractivity contribution in [1.29, 1.82) is 0 Å². The molecule has 0 unspecified atom stereocenters. The lowest BCUT2D eigenvalue weighted by Crippen LogP contribution is -2.30. The van der Waals surface area contributed by atoms with Crippen LogP contribution in [0.4, 0.5) is 0 Å². The molecule has 0 saturated heterocycles. The molecule has 1 aromatic carbocycles. The van der Waals surface area contributed by atoms with Gasteiger partial charge in [-0.2, -0.15) is 0 Å². The van der Waals surface area contributed by atoms with E-state index >= 15 is 0 Å². The molecule has 0 atom stereocenters. The molecule has 0 fully saturated rings. The second-order valence-electron chi connectivity index (χ2n) is 4.79. The van der Waals surface area contributed by atoms with E-state index in [0.29, 0.717) is 24.3 Å². The van der Waals surface area contributed by atoms with Gasteiger partial charge in [-0.1, -0.05) is 12.1 Å². The molecular weight excluding hydrogens is 278 g/mol. The predicted molar refractivity (Wildman–Crippen MR) is 75.5 cm³/mol. The van der Waals surface area contributed by atoms with Gasteiger partial charge in [-0.25, -0.2) is 13.1 Å². The van der Waals surface area contributed by atoms with Gasteiger partial charge in [-0.3, -0.25) is 4.79 Å². The Kier molecular flexibility index (Phi) is 4.74. The molecule has 1 amide bonds. The van der Waals surface area contributed by atoms with Crippen LogP contribution in [-0.2, 0) is 27.8 Å². The first kappa shape index (κ1) is 15.0. The topological polar surface area (TPSA) is 101 Å². The molecule has 1 aliphatic heterocycles. The van der Waals surface area contributed by atoms with E-state index in [-0.39, 0.29) is 13.0 Å². The Labute approximate surface area is 118 Å². The lowest BCUT2D eigenvalue weighted by atomic mass is 10.0. The van der Waals surface area contributed by atoms with E-state index in [9.17, 15) is 13.2 Å². The molecule has 0 bridgehead atoms. The third-order valence-electron chi connectivity index (χ3n) is 3.28. The van der Waals surface area contributed by atoms with Crippen LogP contribution in [0.1, 0.15) is 24.0 Å². The van der Waals surface area contributed by atoms with Gasteiger partial charge >= 0.3 is 0 Å². The van der Waals surface area contributed by atoms with E-state index in [1.807, 2.05) is 6.07 Å². The Hall–Kier alpha value is -1.44. The maximum Gasteiger partial charge on any atom is 0.240 e. The van der Waals surface area contributed by atoms with Crippen LogP contribution in [0.2, 0.25) is 0 Å². The number of carbonyl (C=O) groups excluding carboxylic acids is 1. The van der Waals surface area contributed by atoms with Crippen molar-refractivity contribution < 1.29 is 13.2 Å².